The molecule has 0 spiro atoms. The van der Waals surface area contributed by atoms with Crippen LogP contribution in [0.15, 0.2) is 47.1 Å². The van der Waals surface area contributed by atoms with Crippen LogP contribution in [0.5, 0.6) is 5.75 Å². The maximum absolute atomic E-state index is 10.7. The highest BCUT2D eigenvalue weighted by atomic mass is 79.9. The third-order valence-electron chi connectivity index (χ3n) is 2.28. The van der Waals surface area contributed by atoms with Crippen LogP contribution in [0.1, 0.15) is 16.1 Å². The van der Waals surface area contributed by atoms with Crippen LogP contribution in [0, 0.1) is 0 Å². The number of nitrogens with zero attached hydrogens (tertiary/aromatic N) is 1. The molecule has 0 bridgehead atoms. The average molecular weight is 308 g/mol. The summed E-state index contributed by atoms with van der Waals surface area (Å²) in [7, 11) is 0. The monoisotopic (exact) mass is 307 g/mol. The van der Waals surface area contributed by atoms with Crippen molar-refractivity contribution in [2.24, 2.45) is 0 Å². The van der Waals surface area contributed by atoms with Gasteiger partial charge >= 0.3 is 5.97 Å². The lowest BCUT2D eigenvalue weighted by atomic mass is 10.2. The fourth-order valence-corrected chi connectivity index (χ4v) is 1.75. The molecule has 1 aromatic carbocycles. The van der Waals surface area contributed by atoms with Gasteiger partial charge in [0.05, 0.1) is 15.7 Å². The van der Waals surface area contributed by atoms with Crippen molar-refractivity contribution >= 4 is 21.9 Å². The Bertz CT molecular complexity index is 554. The third-order valence-corrected chi connectivity index (χ3v) is 2.94. The van der Waals surface area contributed by atoms with Crippen molar-refractivity contribution in [2.75, 3.05) is 0 Å². The van der Waals surface area contributed by atoms with Gasteiger partial charge in [0.2, 0.25) is 0 Å². The zero-order chi connectivity index (χ0) is 13.0. The summed E-state index contributed by atoms with van der Waals surface area (Å²) in [6.07, 6.45) is 1.32. The SMILES string of the molecule is O=C(O)c1ccc(COc2ccccc2Br)nc1. The number of halogens is 1. The van der Waals surface area contributed by atoms with Crippen LogP contribution in [0.3, 0.4) is 0 Å². The Morgan fingerprint density at radius 3 is 2.67 bits per heavy atom. The molecule has 2 rings (SSSR count). The predicted octanol–water partition coefficient (Wildman–Crippen LogP) is 3.12. The summed E-state index contributed by atoms with van der Waals surface area (Å²) in [4.78, 5) is 14.7. The van der Waals surface area contributed by atoms with Crippen LogP contribution >= 0.6 is 15.9 Å². The number of carbonyl (C=O) groups is 1. The Morgan fingerprint density at radius 1 is 1.28 bits per heavy atom. The number of hydrogen-bond acceptors (Lipinski definition) is 3. The summed E-state index contributed by atoms with van der Waals surface area (Å²) in [5.41, 5.74) is 0.843. The van der Waals surface area contributed by atoms with Crippen LogP contribution in [-0.4, -0.2) is 16.1 Å². The van der Waals surface area contributed by atoms with Crippen molar-refractivity contribution in [1.82, 2.24) is 4.98 Å². The normalized spacial score (nSPS) is 10.1. The van der Waals surface area contributed by atoms with E-state index in [1.165, 1.54) is 12.3 Å². The molecule has 1 heterocycles. The van der Waals surface area contributed by atoms with E-state index in [1.54, 1.807) is 6.07 Å². The second kappa shape index (κ2) is 5.64. The molecule has 1 aromatic heterocycles. The van der Waals surface area contributed by atoms with Crippen molar-refractivity contribution in [3.8, 4) is 5.75 Å². The molecule has 0 aliphatic rings. The highest BCUT2D eigenvalue weighted by Gasteiger charge is 2.04. The molecule has 2 aromatic rings. The molecule has 1 N–H and O–H groups in total. The van der Waals surface area contributed by atoms with Gasteiger partial charge in [0.15, 0.2) is 0 Å². The van der Waals surface area contributed by atoms with Gasteiger partial charge in [-0.2, -0.15) is 0 Å². The molecule has 0 unspecified atom stereocenters. The van der Waals surface area contributed by atoms with Crippen molar-refractivity contribution in [1.29, 1.82) is 0 Å². The molecule has 18 heavy (non-hydrogen) atoms. The topological polar surface area (TPSA) is 59.4 Å². The van der Waals surface area contributed by atoms with Gasteiger partial charge in [-0.3, -0.25) is 4.98 Å². The van der Waals surface area contributed by atoms with E-state index in [0.717, 1.165) is 10.2 Å². The lowest BCUT2D eigenvalue weighted by Crippen LogP contribution is -2.02. The number of carboxylic acid groups (broad SMARTS) is 1. The highest BCUT2D eigenvalue weighted by molar-refractivity contribution is 9.10. The standard InChI is InChI=1S/C13H10BrNO3/c14-11-3-1-2-4-12(11)18-8-10-6-5-9(7-15-10)13(16)17/h1-7H,8H2,(H,16,17). The van der Waals surface area contributed by atoms with E-state index in [9.17, 15) is 4.79 Å². The molecule has 0 aliphatic carbocycles. The molecule has 0 radical (unpaired) electrons. The molecule has 0 saturated heterocycles. The summed E-state index contributed by atoms with van der Waals surface area (Å²) in [5.74, 6) is -0.262. The Hall–Kier alpha value is -1.88. The highest BCUT2D eigenvalue weighted by Crippen LogP contribution is 2.24. The summed E-state index contributed by atoms with van der Waals surface area (Å²) in [5, 5.41) is 8.74. The van der Waals surface area contributed by atoms with Crippen LogP contribution in [0.2, 0.25) is 0 Å². The number of carboxylic acids is 1. The molecule has 0 atom stereocenters. The maximum Gasteiger partial charge on any atom is 0.337 e. The number of ether oxygens (including phenoxy) is 1. The predicted molar refractivity (Wildman–Crippen MR) is 69.7 cm³/mol. The van der Waals surface area contributed by atoms with E-state index >= 15 is 0 Å². The van der Waals surface area contributed by atoms with E-state index in [1.807, 2.05) is 24.3 Å². The summed E-state index contributed by atoms with van der Waals surface area (Å²) < 4.78 is 6.43. The van der Waals surface area contributed by atoms with Gasteiger partial charge in [0.1, 0.15) is 12.4 Å². The van der Waals surface area contributed by atoms with Gasteiger partial charge in [-0.15, -0.1) is 0 Å². The maximum atomic E-state index is 10.7. The Kier molecular flexibility index (Phi) is 3.94. The van der Waals surface area contributed by atoms with E-state index in [-0.39, 0.29) is 5.56 Å². The minimum absolute atomic E-state index is 0.166. The molecular weight excluding hydrogens is 298 g/mol. The summed E-state index contributed by atoms with van der Waals surface area (Å²) in [6.45, 7) is 0.294. The first-order valence-corrected chi connectivity index (χ1v) is 6.01. The average Bonchev–Trinajstić information content (AvgIpc) is 2.38. The molecule has 92 valence electrons. The number of aromatic carboxylic acids is 1. The number of aromatic nitrogens is 1. The van der Waals surface area contributed by atoms with Gasteiger partial charge < -0.3 is 9.84 Å². The molecule has 5 heteroatoms. The van der Waals surface area contributed by atoms with Gasteiger partial charge in [0, 0.05) is 6.20 Å². The Morgan fingerprint density at radius 2 is 2.06 bits per heavy atom. The molecular formula is C13H10BrNO3. The minimum atomic E-state index is -0.985. The Labute approximate surface area is 112 Å². The van der Waals surface area contributed by atoms with E-state index in [4.69, 9.17) is 9.84 Å². The fourth-order valence-electron chi connectivity index (χ4n) is 1.35. The van der Waals surface area contributed by atoms with E-state index in [0.29, 0.717) is 12.3 Å². The third kappa shape index (κ3) is 3.07. The summed E-state index contributed by atoms with van der Waals surface area (Å²) >= 11 is 3.38. The van der Waals surface area contributed by atoms with Crippen LogP contribution in [0.25, 0.3) is 0 Å². The Balaban J connectivity index is 2.02. The number of pyridine rings is 1. The second-order valence-electron chi connectivity index (χ2n) is 3.56. The van der Waals surface area contributed by atoms with Crippen molar-refractivity contribution in [2.45, 2.75) is 6.61 Å². The molecule has 0 fully saturated rings. The zero-order valence-corrected chi connectivity index (χ0v) is 10.9. The number of rotatable bonds is 4. The quantitative estimate of drug-likeness (QED) is 0.943. The van der Waals surface area contributed by atoms with Crippen molar-refractivity contribution < 1.29 is 14.6 Å². The van der Waals surface area contributed by atoms with Crippen LogP contribution < -0.4 is 4.74 Å². The lowest BCUT2D eigenvalue weighted by Gasteiger charge is -2.07. The van der Waals surface area contributed by atoms with Gasteiger partial charge in [-0.05, 0) is 40.2 Å². The fraction of sp³-hybridized carbons (Fsp3) is 0.0769. The molecule has 0 amide bonds. The minimum Gasteiger partial charge on any atom is -0.486 e. The molecule has 0 aliphatic heterocycles. The molecule has 0 saturated carbocycles. The zero-order valence-electron chi connectivity index (χ0n) is 9.34. The van der Waals surface area contributed by atoms with Gasteiger partial charge in [0.25, 0.3) is 0 Å². The first kappa shape index (κ1) is 12.6. The van der Waals surface area contributed by atoms with E-state index in [2.05, 4.69) is 20.9 Å². The van der Waals surface area contributed by atoms with Crippen LogP contribution in [0.4, 0.5) is 0 Å². The number of para-hydroxylation sites is 1. The second-order valence-corrected chi connectivity index (χ2v) is 4.42. The summed E-state index contributed by atoms with van der Waals surface area (Å²) in [6, 6.07) is 10.7. The smallest absolute Gasteiger partial charge is 0.337 e. The largest absolute Gasteiger partial charge is 0.486 e. The molecule has 4 nitrogen and oxygen atoms in total. The van der Waals surface area contributed by atoms with Crippen molar-refractivity contribution in [3.05, 3.63) is 58.3 Å². The number of hydrogen-bond donors (Lipinski definition) is 1. The number of benzene rings is 1. The van der Waals surface area contributed by atoms with Gasteiger partial charge in [-0.25, -0.2) is 4.79 Å². The first-order chi connectivity index (χ1) is 8.66. The first-order valence-electron chi connectivity index (χ1n) is 5.22. The van der Waals surface area contributed by atoms with Crippen molar-refractivity contribution in [3.63, 3.8) is 0 Å². The van der Waals surface area contributed by atoms with E-state index < -0.39 is 5.97 Å². The van der Waals surface area contributed by atoms with Crippen LogP contribution in [-0.2, 0) is 6.61 Å². The van der Waals surface area contributed by atoms with Gasteiger partial charge in [-0.1, -0.05) is 12.1 Å². The lowest BCUT2D eigenvalue weighted by molar-refractivity contribution is 0.0696.